The molecular weight excluding hydrogens is 454 g/mol. The van der Waals surface area contributed by atoms with Crippen LogP contribution in [0.3, 0.4) is 0 Å². The largest absolute Gasteiger partial charge is 0.379 e. The fourth-order valence-corrected chi connectivity index (χ4v) is 5.26. The Morgan fingerprint density at radius 1 is 1.03 bits per heavy atom. The van der Waals surface area contributed by atoms with Crippen LogP contribution in [0.25, 0.3) is 5.69 Å². The molecule has 1 aromatic heterocycles. The molecule has 2 N–H and O–H groups in total. The lowest BCUT2D eigenvalue weighted by Gasteiger charge is -2.26. The normalized spacial score (nSPS) is 15.6. The van der Waals surface area contributed by atoms with E-state index in [2.05, 4.69) is 15.7 Å². The Balaban J connectivity index is 1.42. The molecule has 2 heterocycles. The average Bonchev–Trinajstić information content (AvgIpc) is 3.13. The molecule has 0 aliphatic carbocycles. The minimum atomic E-state index is -3.58. The zero-order valence-electron chi connectivity index (χ0n) is 19.5. The maximum atomic E-state index is 12.8. The first-order chi connectivity index (χ1) is 16.3. The molecule has 1 aliphatic rings. The van der Waals surface area contributed by atoms with Gasteiger partial charge < -0.3 is 15.4 Å². The number of anilines is 2. The zero-order chi connectivity index (χ0) is 24.3. The number of amides is 1. The van der Waals surface area contributed by atoms with Gasteiger partial charge in [0.25, 0.3) is 0 Å². The molecule has 2 aromatic carbocycles. The summed E-state index contributed by atoms with van der Waals surface area (Å²) in [6.07, 6.45) is 0. The molecular formula is C24H29N5O4S. The van der Waals surface area contributed by atoms with Crippen LogP contribution in [0.4, 0.5) is 11.4 Å². The first-order valence-electron chi connectivity index (χ1n) is 11.1. The monoisotopic (exact) mass is 483 g/mol. The second-order valence-electron chi connectivity index (χ2n) is 8.19. The molecule has 0 bridgehead atoms. The first-order valence-corrected chi connectivity index (χ1v) is 12.6. The Bertz CT molecular complexity index is 1250. The average molecular weight is 484 g/mol. The van der Waals surface area contributed by atoms with Gasteiger partial charge in [0.2, 0.25) is 15.9 Å². The van der Waals surface area contributed by atoms with Crippen molar-refractivity contribution in [1.82, 2.24) is 14.1 Å². The third-order valence-corrected chi connectivity index (χ3v) is 7.69. The van der Waals surface area contributed by atoms with E-state index in [1.807, 2.05) is 48.9 Å². The van der Waals surface area contributed by atoms with Crippen LogP contribution in [0.2, 0.25) is 0 Å². The van der Waals surface area contributed by atoms with Crippen molar-refractivity contribution >= 4 is 27.3 Å². The van der Waals surface area contributed by atoms with E-state index in [9.17, 15) is 13.2 Å². The highest BCUT2D eigenvalue weighted by molar-refractivity contribution is 7.89. The molecule has 3 aromatic rings. The quantitative estimate of drug-likeness (QED) is 0.535. The number of aryl methyl sites for hydroxylation is 1. The predicted octanol–water partition coefficient (Wildman–Crippen LogP) is 2.95. The van der Waals surface area contributed by atoms with Gasteiger partial charge in [0.15, 0.2) is 0 Å². The molecule has 10 heteroatoms. The number of benzene rings is 2. The molecule has 0 spiro atoms. The van der Waals surface area contributed by atoms with Gasteiger partial charge in [0, 0.05) is 18.8 Å². The first kappa shape index (κ1) is 23.9. The minimum absolute atomic E-state index is 0.193. The SMILES string of the molecule is Cc1nn(-c2ccccc2)c(C)c1NC(C)C(=O)Nc1ccc(S(=O)(=O)N2CCOCC2)cc1. The fraction of sp³-hybridized carbons (Fsp3) is 0.333. The van der Waals surface area contributed by atoms with Gasteiger partial charge in [-0.2, -0.15) is 9.40 Å². The molecule has 1 unspecified atom stereocenters. The molecule has 1 aliphatic heterocycles. The third kappa shape index (κ3) is 4.98. The second kappa shape index (κ2) is 9.96. The van der Waals surface area contributed by atoms with Crippen molar-refractivity contribution in [3.05, 3.63) is 66.0 Å². The number of rotatable bonds is 7. The van der Waals surface area contributed by atoms with Gasteiger partial charge in [-0.1, -0.05) is 18.2 Å². The van der Waals surface area contributed by atoms with Crippen LogP contribution in [0.5, 0.6) is 0 Å². The molecule has 180 valence electrons. The van der Waals surface area contributed by atoms with E-state index in [1.165, 1.54) is 16.4 Å². The van der Waals surface area contributed by atoms with Crippen LogP contribution in [0, 0.1) is 13.8 Å². The number of morpholine rings is 1. The van der Waals surface area contributed by atoms with E-state index in [1.54, 1.807) is 19.1 Å². The Morgan fingerprint density at radius 3 is 2.32 bits per heavy atom. The standard InChI is InChI=1S/C24H29N5O4S/c1-17-23(19(3)29(27-17)21-7-5-4-6-8-21)25-18(2)24(30)26-20-9-11-22(12-10-20)34(31,32)28-13-15-33-16-14-28/h4-12,18,25H,13-16H2,1-3H3,(H,26,30). The molecule has 0 radical (unpaired) electrons. The van der Waals surface area contributed by atoms with Crippen molar-refractivity contribution in [2.45, 2.75) is 31.7 Å². The van der Waals surface area contributed by atoms with Gasteiger partial charge in [-0.15, -0.1) is 0 Å². The topological polar surface area (TPSA) is 106 Å². The van der Waals surface area contributed by atoms with Gasteiger partial charge in [0.05, 0.1) is 40.9 Å². The smallest absolute Gasteiger partial charge is 0.246 e. The van der Waals surface area contributed by atoms with Crippen LogP contribution in [0.15, 0.2) is 59.5 Å². The van der Waals surface area contributed by atoms with Crippen LogP contribution in [-0.2, 0) is 19.6 Å². The number of hydrogen-bond donors (Lipinski definition) is 2. The van der Waals surface area contributed by atoms with E-state index < -0.39 is 16.1 Å². The Kier molecular flexibility index (Phi) is 7.01. The Morgan fingerprint density at radius 2 is 1.68 bits per heavy atom. The number of carbonyl (C=O) groups excluding carboxylic acids is 1. The van der Waals surface area contributed by atoms with Crippen molar-refractivity contribution in [1.29, 1.82) is 0 Å². The summed E-state index contributed by atoms with van der Waals surface area (Å²) >= 11 is 0. The van der Waals surface area contributed by atoms with E-state index >= 15 is 0 Å². The number of carbonyl (C=O) groups is 1. The van der Waals surface area contributed by atoms with Crippen LogP contribution < -0.4 is 10.6 Å². The van der Waals surface area contributed by atoms with Crippen molar-refractivity contribution < 1.29 is 17.9 Å². The number of sulfonamides is 1. The maximum Gasteiger partial charge on any atom is 0.246 e. The lowest BCUT2D eigenvalue weighted by Crippen LogP contribution is -2.40. The number of nitrogens with zero attached hydrogens (tertiary/aromatic N) is 3. The van der Waals surface area contributed by atoms with Gasteiger partial charge >= 0.3 is 0 Å². The summed E-state index contributed by atoms with van der Waals surface area (Å²) < 4.78 is 34.0. The van der Waals surface area contributed by atoms with Crippen LogP contribution in [0.1, 0.15) is 18.3 Å². The van der Waals surface area contributed by atoms with Crippen molar-refractivity contribution in [3.8, 4) is 5.69 Å². The van der Waals surface area contributed by atoms with Crippen molar-refractivity contribution in [2.75, 3.05) is 36.9 Å². The summed E-state index contributed by atoms with van der Waals surface area (Å²) in [4.78, 5) is 13.0. The molecule has 0 saturated carbocycles. The lowest BCUT2D eigenvalue weighted by atomic mass is 10.2. The zero-order valence-corrected chi connectivity index (χ0v) is 20.3. The summed E-state index contributed by atoms with van der Waals surface area (Å²) in [5.74, 6) is -0.241. The number of aromatic nitrogens is 2. The lowest BCUT2D eigenvalue weighted by molar-refractivity contribution is -0.116. The van der Waals surface area contributed by atoms with E-state index in [-0.39, 0.29) is 10.8 Å². The molecule has 1 amide bonds. The van der Waals surface area contributed by atoms with Crippen LogP contribution in [-0.4, -0.2) is 60.8 Å². The number of nitrogens with one attached hydrogen (secondary N) is 2. The minimum Gasteiger partial charge on any atom is -0.379 e. The highest BCUT2D eigenvalue weighted by Crippen LogP contribution is 2.24. The van der Waals surface area contributed by atoms with Gasteiger partial charge in [-0.25, -0.2) is 13.1 Å². The summed E-state index contributed by atoms with van der Waals surface area (Å²) in [7, 11) is -3.58. The molecule has 9 nitrogen and oxygen atoms in total. The van der Waals surface area contributed by atoms with Crippen LogP contribution >= 0.6 is 0 Å². The summed E-state index contributed by atoms with van der Waals surface area (Å²) in [6, 6.07) is 15.5. The molecule has 1 fully saturated rings. The van der Waals surface area contributed by atoms with Crippen molar-refractivity contribution in [3.63, 3.8) is 0 Å². The Hall–Kier alpha value is -3.21. The summed E-state index contributed by atoms with van der Waals surface area (Å²) in [5, 5.41) is 10.7. The van der Waals surface area contributed by atoms with Gasteiger partial charge in [0.1, 0.15) is 6.04 Å². The molecule has 4 rings (SSSR count). The molecule has 1 saturated heterocycles. The highest BCUT2D eigenvalue weighted by atomic mass is 32.2. The molecule has 1 atom stereocenters. The summed E-state index contributed by atoms with van der Waals surface area (Å²) in [5.41, 5.74) is 3.96. The molecule has 34 heavy (non-hydrogen) atoms. The predicted molar refractivity (Wildman–Crippen MR) is 131 cm³/mol. The van der Waals surface area contributed by atoms with Gasteiger partial charge in [-0.3, -0.25) is 4.79 Å². The number of ether oxygens (including phenoxy) is 1. The highest BCUT2D eigenvalue weighted by Gasteiger charge is 2.26. The van der Waals surface area contributed by atoms with E-state index in [0.717, 1.165) is 22.8 Å². The maximum absolute atomic E-state index is 12.8. The van der Waals surface area contributed by atoms with Crippen molar-refractivity contribution in [2.24, 2.45) is 0 Å². The van der Waals surface area contributed by atoms with E-state index in [4.69, 9.17) is 4.74 Å². The van der Waals surface area contributed by atoms with Gasteiger partial charge in [-0.05, 0) is 57.2 Å². The summed E-state index contributed by atoms with van der Waals surface area (Å²) in [6.45, 7) is 7.07. The Labute approximate surface area is 199 Å². The fourth-order valence-electron chi connectivity index (χ4n) is 3.85. The number of para-hydroxylation sites is 1. The third-order valence-electron chi connectivity index (χ3n) is 5.78. The van der Waals surface area contributed by atoms with E-state index in [0.29, 0.717) is 32.0 Å². The number of hydrogen-bond acceptors (Lipinski definition) is 6. The second-order valence-corrected chi connectivity index (χ2v) is 10.1.